The maximum atomic E-state index is 11.0. The van der Waals surface area contributed by atoms with Crippen molar-refractivity contribution in [3.05, 3.63) is 24.6 Å². The summed E-state index contributed by atoms with van der Waals surface area (Å²) >= 11 is 0. The second kappa shape index (κ2) is 6.37. The van der Waals surface area contributed by atoms with Crippen molar-refractivity contribution in [2.75, 3.05) is 12.3 Å². The lowest BCUT2D eigenvalue weighted by Gasteiger charge is -2.02. The maximum Gasteiger partial charge on any atom is 0.235 e. The van der Waals surface area contributed by atoms with Crippen LogP contribution in [0.1, 0.15) is 12.8 Å². The van der Waals surface area contributed by atoms with Crippen LogP contribution in [0.2, 0.25) is 0 Å². The number of sulfone groups is 1. The minimum Gasteiger partial charge on any atom is -0.355 e. The summed E-state index contributed by atoms with van der Waals surface area (Å²) in [6, 6.07) is 0. The van der Waals surface area contributed by atoms with Crippen molar-refractivity contribution in [2.45, 2.75) is 12.8 Å². The zero-order valence-electron chi connectivity index (χ0n) is 8.03. The van der Waals surface area contributed by atoms with E-state index in [1.807, 2.05) is 0 Å². The molecule has 0 aliphatic heterocycles. The SMILES string of the molecule is C=CCCCNC(=O)CS(=O)(=O)C=C. The number of nitrogens with one attached hydrogen (secondary N) is 1. The van der Waals surface area contributed by atoms with Crippen LogP contribution in [0.3, 0.4) is 0 Å². The highest BCUT2D eigenvalue weighted by Crippen LogP contribution is 1.91. The third-order valence-electron chi connectivity index (χ3n) is 1.49. The summed E-state index contributed by atoms with van der Waals surface area (Å²) in [5.41, 5.74) is 0. The molecule has 80 valence electrons. The van der Waals surface area contributed by atoms with Gasteiger partial charge in [0.25, 0.3) is 0 Å². The molecule has 14 heavy (non-hydrogen) atoms. The van der Waals surface area contributed by atoms with E-state index in [1.165, 1.54) is 0 Å². The fourth-order valence-corrected chi connectivity index (χ4v) is 1.35. The predicted molar refractivity (Wildman–Crippen MR) is 56.4 cm³/mol. The lowest BCUT2D eigenvalue weighted by molar-refractivity contribution is -0.118. The number of amides is 1. The molecule has 0 aliphatic carbocycles. The molecule has 5 heteroatoms. The number of unbranched alkanes of at least 4 members (excludes halogenated alkanes) is 1. The van der Waals surface area contributed by atoms with Gasteiger partial charge in [-0.05, 0) is 12.8 Å². The molecular formula is C9H15NO3S. The Labute approximate surface area is 84.6 Å². The van der Waals surface area contributed by atoms with E-state index in [-0.39, 0.29) is 0 Å². The molecule has 0 heterocycles. The van der Waals surface area contributed by atoms with Gasteiger partial charge in [0.1, 0.15) is 5.75 Å². The Balaban J connectivity index is 3.77. The molecule has 0 rings (SSSR count). The number of carbonyl (C=O) groups is 1. The monoisotopic (exact) mass is 217 g/mol. The minimum absolute atomic E-state index is 0.470. The average Bonchev–Trinajstić information content (AvgIpc) is 2.12. The smallest absolute Gasteiger partial charge is 0.235 e. The van der Waals surface area contributed by atoms with Crippen molar-refractivity contribution in [1.29, 1.82) is 0 Å². The first kappa shape index (κ1) is 12.9. The van der Waals surface area contributed by atoms with Gasteiger partial charge in [-0.1, -0.05) is 12.7 Å². The van der Waals surface area contributed by atoms with E-state index in [1.54, 1.807) is 6.08 Å². The van der Waals surface area contributed by atoms with Crippen molar-refractivity contribution < 1.29 is 13.2 Å². The molecule has 4 nitrogen and oxygen atoms in total. The highest BCUT2D eigenvalue weighted by Gasteiger charge is 2.11. The average molecular weight is 217 g/mol. The first-order valence-corrected chi connectivity index (χ1v) is 5.96. The second-order valence-electron chi connectivity index (χ2n) is 2.75. The summed E-state index contributed by atoms with van der Waals surface area (Å²) in [5.74, 6) is -1.01. The lowest BCUT2D eigenvalue weighted by Crippen LogP contribution is -2.30. The summed E-state index contributed by atoms with van der Waals surface area (Å²) in [7, 11) is -3.43. The molecule has 0 saturated heterocycles. The zero-order chi connectivity index (χ0) is 11.0. The highest BCUT2D eigenvalue weighted by molar-refractivity contribution is 7.94. The molecule has 0 spiro atoms. The van der Waals surface area contributed by atoms with Gasteiger partial charge in [-0.2, -0.15) is 0 Å². The lowest BCUT2D eigenvalue weighted by atomic mass is 10.3. The second-order valence-corrected chi connectivity index (χ2v) is 4.70. The Bertz CT molecular complexity index is 306. The molecule has 0 aromatic heterocycles. The summed E-state index contributed by atoms with van der Waals surface area (Å²) in [4.78, 5) is 11.0. The van der Waals surface area contributed by atoms with Gasteiger partial charge >= 0.3 is 0 Å². The first-order chi connectivity index (χ1) is 6.52. The minimum atomic E-state index is -3.43. The molecule has 1 amide bonds. The molecule has 0 unspecified atom stereocenters. The first-order valence-electron chi connectivity index (χ1n) is 4.24. The maximum absolute atomic E-state index is 11.0. The van der Waals surface area contributed by atoms with Crippen LogP contribution in [0, 0.1) is 0 Å². The van der Waals surface area contributed by atoms with Gasteiger partial charge in [0.15, 0.2) is 9.84 Å². The molecule has 0 saturated carbocycles. The van der Waals surface area contributed by atoms with Gasteiger partial charge in [-0.15, -0.1) is 6.58 Å². The molecule has 0 radical (unpaired) electrons. The Morgan fingerprint density at radius 1 is 1.36 bits per heavy atom. The zero-order valence-corrected chi connectivity index (χ0v) is 8.85. The van der Waals surface area contributed by atoms with E-state index in [4.69, 9.17) is 0 Å². The third-order valence-corrected chi connectivity index (χ3v) is 2.67. The molecule has 0 atom stereocenters. The predicted octanol–water partition coefficient (Wildman–Crippen LogP) is 0.627. The van der Waals surface area contributed by atoms with E-state index in [0.717, 1.165) is 18.2 Å². The number of hydrogen-bond acceptors (Lipinski definition) is 3. The van der Waals surface area contributed by atoms with Gasteiger partial charge in [-0.3, -0.25) is 4.79 Å². The largest absolute Gasteiger partial charge is 0.355 e. The Hall–Kier alpha value is -1.10. The number of carbonyl (C=O) groups excluding carboxylic acids is 1. The van der Waals surface area contributed by atoms with Crippen LogP contribution < -0.4 is 5.32 Å². The van der Waals surface area contributed by atoms with Crippen molar-refractivity contribution >= 4 is 15.7 Å². The molecule has 1 N–H and O–H groups in total. The van der Waals surface area contributed by atoms with Gasteiger partial charge in [-0.25, -0.2) is 8.42 Å². The van der Waals surface area contributed by atoms with E-state index < -0.39 is 21.5 Å². The van der Waals surface area contributed by atoms with Crippen LogP contribution in [0.5, 0.6) is 0 Å². The molecule has 0 aliphatic rings. The van der Waals surface area contributed by atoms with Crippen LogP contribution in [0.25, 0.3) is 0 Å². The number of hydrogen-bond donors (Lipinski definition) is 1. The Morgan fingerprint density at radius 2 is 2.00 bits per heavy atom. The third kappa shape index (κ3) is 6.42. The number of rotatable bonds is 7. The van der Waals surface area contributed by atoms with Crippen LogP contribution in [-0.4, -0.2) is 26.6 Å². The van der Waals surface area contributed by atoms with Gasteiger partial charge in [0, 0.05) is 12.0 Å². The van der Waals surface area contributed by atoms with Crippen molar-refractivity contribution in [1.82, 2.24) is 5.32 Å². The van der Waals surface area contributed by atoms with Crippen LogP contribution in [0.15, 0.2) is 24.6 Å². The summed E-state index contributed by atoms with van der Waals surface area (Å²) in [5, 5.41) is 3.28. The fraction of sp³-hybridized carbons (Fsp3) is 0.444. The van der Waals surface area contributed by atoms with Crippen molar-refractivity contribution in [3.63, 3.8) is 0 Å². The van der Waals surface area contributed by atoms with Gasteiger partial charge < -0.3 is 5.32 Å². The fourth-order valence-electron chi connectivity index (χ4n) is 0.767. The summed E-state index contributed by atoms with van der Waals surface area (Å²) in [6.07, 6.45) is 3.31. The van der Waals surface area contributed by atoms with E-state index in [9.17, 15) is 13.2 Å². The van der Waals surface area contributed by atoms with Crippen LogP contribution >= 0.6 is 0 Å². The molecule has 0 aromatic rings. The topological polar surface area (TPSA) is 63.2 Å². The molecular weight excluding hydrogens is 202 g/mol. The van der Waals surface area contributed by atoms with Crippen molar-refractivity contribution in [2.24, 2.45) is 0 Å². The summed E-state index contributed by atoms with van der Waals surface area (Å²) < 4.78 is 21.8. The molecule has 0 aromatic carbocycles. The highest BCUT2D eigenvalue weighted by atomic mass is 32.2. The normalized spacial score (nSPS) is 10.6. The van der Waals surface area contributed by atoms with Crippen LogP contribution in [-0.2, 0) is 14.6 Å². The standard InChI is InChI=1S/C9H15NO3S/c1-3-5-6-7-10-9(11)8-14(12,13)4-2/h3-4H,1-2,5-8H2,(H,10,11). The van der Waals surface area contributed by atoms with E-state index in [2.05, 4.69) is 18.5 Å². The van der Waals surface area contributed by atoms with Crippen LogP contribution in [0.4, 0.5) is 0 Å². The number of allylic oxidation sites excluding steroid dienone is 1. The van der Waals surface area contributed by atoms with E-state index >= 15 is 0 Å². The van der Waals surface area contributed by atoms with Gasteiger partial charge in [0.2, 0.25) is 5.91 Å². The van der Waals surface area contributed by atoms with Gasteiger partial charge in [0.05, 0.1) is 0 Å². The molecule has 0 bridgehead atoms. The quantitative estimate of drug-likeness (QED) is 0.502. The summed E-state index contributed by atoms with van der Waals surface area (Å²) in [6.45, 7) is 7.11. The van der Waals surface area contributed by atoms with Crippen molar-refractivity contribution in [3.8, 4) is 0 Å². The Kier molecular flexibility index (Phi) is 5.87. The van der Waals surface area contributed by atoms with E-state index in [0.29, 0.717) is 6.54 Å². The Morgan fingerprint density at radius 3 is 2.50 bits per heavy atom. The molecule has 0 fully saturated rings.